The van der Waals surface area contributed by atoms with Gasteiger partial charge in [0, 0.05) is 28.9 Å². The van der Waals surface area contributed by atoms with E-state index in [0.717, 1.165) is 18.0 Å². The molecule has 20 heavy (non-hydrogen) atoms. The predicted molar refractivity (Wildman–Crippen MR) is 81.9 cm³/mol. The fraction of sp³-hybridized carbons (Fsp3) is 0.667. The summed E-state index contributed by atoms with van der Waals surface area (Å²) in [7, 11) is 3.62. The van der Waals surface area contributed by atoms with Gasteiger partial charge in [0.1, 0.15) is 0 Å². The van der Waals surface area contributed by atoms with Gasteiger partial charge in [0.2, 0.25) is 0 Å². The van der Waals surface area contributed by atoms with Gasteiger partial charge in [-0.05, 0) is 38.1 Å². The van der Waals surface area contributed by atoms with Gasteiger partial charge < -0.3 is 15.0 Å². The van der Waals surface area contributed by atoms with E-state index in [1.54, 1.807) is 11.3 Å². The summed E-state index contributed by atoms with van der Waals surface area (Å²) in [5.74, 6) is 0.513. The minimum atomic E-state index is -0.171. The van der Waals surface area contributed by atoms with E-state index in [4.69, 9.17) is 4.74 Å². The molecule has 1 aliphatic rings. The third-order valence-corrected chi connectivity index (χ3v) is 5.00. The van der Waals surface area contributed by atoms with Crippen molar-refractivity contribution in [3.05, 3.63) is 21.9 Å². The van der Waals surface area contributed by atoms with Gasteiger partial charge in [-0.3, -0.25) is 4.79 Å². The quantitative estimate of drug-likeness (QED) is 0.843. The average Bonchev–Trinajstić information content (AvgIpc) is 2.85. The van der Waals surface area contributed by atoms with E-state index in [2.05, 4.69) is 30.3 Å². The number of hydrogen-bond donors (Lipinski definition) is 1. The molecule has 1 N–H and O–H groups in total. The van der Waals surface area contributed by atoms with Crippen LogP contribution >= 0.6 is 11.3 Å². The van der Waals surface area contributed by atoms with E-state index in [0.29, 0.717) is 18.4 Å². The summed E-state index contributed by atoms with van der Waals surface area (Å²) in [6.45, 7) is 5.53. The van der Waals surface area contributed by atoms with Crippen molar-refractivity contribution in [2.24, 2.45) is 5.92 Å². The molecular weight excluding hydrogens is 272 g/mol. The molecule has 0 bridgehead atoms. The minimum Gasteiger partial charge on any atom is -0.469 e. The Labute approximate surface area is 125 Å². The van der Waals surface area contributed by atoms with Crippen LogP contribution < -0.4 is 5.32 Å². The van der Waals surface area contributed by atoms with Gasteiger partial charge in [-0.2, -0.15) is 0 Å². The lowest BCUT2D eigenvalue weighted by Crippen LogP contribution is -2.46. The first-order chi connectivity index (χ1) is 9.58. The average molecular weight is 296 g/mol. The highest BCUT2D eigenvalue weighted by atomic mass is 32.1. The van der Waals surface area contributed by atoms with Crippen molar-refractivity contribution in [2.75, 3.05) is 27.2 Å². The Hall–Kier alpha value is -0.910. The van der Waals surface area contributed by atoms with Crippen molar-refractivity contribution in [2.45, 2.75) is 32.4 Å². The molecule has 1 aliphatic heterocycles. The maximum Gasteiger partial charge on any atom is 0.310 e. The second-order valence-corrected chi connectivity index (χ2v) is 6.89. The SMILES string of the molecule is COC(=O)Cc1ccc(CNC2CCN(C)CC2C)s1. The van der Waals surface area contributed by atoms with Crippen LogP contribution in [0.1, 0.15) is 23.1 Å². The van der Waals surface area contributed by atoms with Gasteiger partial charge in [0.25, 0.3) is 0 Å². The van der Waals surface area contributed by atoms with Crippen molar-refractivity contribution in [3.8, 4) is 0 Å². The van der Waals surface area contributed by atoms with Gasteiger partial charge in [-0.15, -0.1) is 11.3 Å². The van der Waals surface area contributed by atoms with Gasteiger partial charge in [0.15, 0.2) is 0 Å². The molecule has 1 aromatic heterocycles. The number of likely N-dealkylation sites (tertiary alicyclic amines) is 1. The number of nitrogens with one attached hydrogen (secondary N) is 1. The first kappa shape index (κ1) is 15.5. The molecule has 0 radical (unpaired) electrons. The number of thiophene rings is 1. The van der Waals surface area contributed by atoms with Crippen molar-refractivity contribution in [1.82, 2.24) is 10.2 Å². The summed E-state index contributed by atoms with van der Waals surface area (Å²) in [4.78, 5) is 16.0. The number of rotatable bonds is 5. The fourth-order valence-electron chi connectivity index (χ4n) is 2.72. The maximum absolute atomic E-state index is 11.2. The van der Waals surface area contributed by atoms with Crippen LogP contribution in [0.5, 0.6) is 0 Å². The molecule has 112 valence electrons. The van der Waals surface area contributed by atoms with E-state index < -0.39 is 0 Å². The molecule has 1 aromatic rings. The highest BCUT2D eigenvalue weighted by Crippen LogP contribution is 2.20. The zero-order chi connectivity index (χ0) is 14.5. The number of hydrogen-bond acceptors (Lipinski definition) is 5. The Bertz CT molecular complexity index is 447. The molecule has 1 saturated heterocycles. The van der Waals surface area contributed by atoms with Crippen LogP contribution in [0, 0.1) is 5.92 Å². The number of methoxy groups -OCH3 is 1. The predicted octanol–water partition coefficient (Wildman–Crippen LogP) is 1.89. The van der Waals surface area contributed by atoms with Crippen molar-refractivity contribution >= 4 is 17.3 Å². The molecule has 2 heterocycles. The second-order valence-electron chi connectivity index (χ2n) is 5.64. The molecular formula is C15H24N2O2S. The monoisotopic (exact) mass is 296 g/mol. The summed E-state index contributed by atoms with van der Waals surface area (Å²) in [5, 5.41) is 3.66. The first-order valence-corrected chi connectivity index (χ1v) is 7.96. The highest BCUT2D eigenvalue weighted by molar-refractivity contribution is 7.12. The van der Waals surface area contributed by atoms with Gasteiger partial charge >= 0.3 is 5.97 Å². The third kappa shape index (κ3) is 4.30. The normalized spacial score (nSPS) is 23.8. The molecule has 5 heteroatoms. The number of carbonyl (C=O) groups is 1. The van der Waals surface area contributed by atoms with E-state index >= 15 is 0 Å². The Morgan fingerprint density at radius 3 is 2.95 bits per heavy atom. The van der Waals surface area contributed by atoms with Crippen molar-refractivity contribution < 1.29 is 9.53 Å². The Balaban J connectivity index is 1.80. The van der Waals surface area contributed by atoms with Gasteiger partial charge in [-0.25, -0.2) is 0 Å². The summed E-state index contributed by atoms with van der Waals surface area (Å²) in [6.07, 6.45) is 1.59. The molecule has 0 spiro atoms. The Kier molecular flexibility index (Phi) is 5.57. The molecule has 2 unspecified atom stereocenters. The molecule has 2 rings (SSSR count). The third-order valence-electron chi connectivity index (χ3n) is 3.91. The largest absolute Gasteiger partial charge is 0.469 e. The summed E-state index contributed by atoms with van der Waals surface area (Å²) < 4.78 is 4.69. The van der Waals surface area contributed by atoms with Crippen LogP contribution in [0.25, 0.3) is 0 Å². The number of esters is 1. The lowest BCUT2D eigenvalue weighted by Gasteiger charge is -2.35. The standard InChI is InChI=1S/C15H24N2O2S/c1-11-10-17(2)7-6-14(11)16-9-13-5-4-12(20-13)8-15(18)19-3/h4-5,11,14,16H,6-10H2,1-3H3. The number of ether oxygens (including phenoxy) is 1. The van der Waals surface area contributed by atoms with Crippen LogP contribution in [0.3, 0.4) is 0 Å². The zero-order valence-corrected chi connectivity index (χ0v) is 13.3. The van der Waals surface area contributed by atoms with E-state index in [-0.39, 0.29) is 5.97 Å². The van der Waals surface area contributed by atoms with Crippen molar-refractivity contribution in [1.29, 1.82) is 0 Å². The van der Waals surface area contributed by atoms with Crippen LogP contribution in [-0.2, 0) is 22.5 Å². The molecule has 0 saturated carbocycles. The highest BCUT2D eigenvalue weighted by Gasteiger charge is 2.23. The second kappa shape index (κ2) is 7.20. The molecule has 1 fully saturated rings. The minimum absolute atomic E-state index is 0.171. The van der Waals surface area contributed by atoms with Crippen LogP contribution in [0.2, 0.25) is 0 Å². The Morgan fingerprint density at radius 1 is 1.50 bits per heavy atom. The maximum atomic E-state index is 11.2. The molecule has 0 aliphatic carbocycles. The number of piperidine rings is 1. The molecule has 0 amide bonds. The summed E-state index contributed by atoms with van der Waals surface area (Å²) in [6, 6.07) is 4.73. The topological polar surface area (TPSA) is 41.6 Å². The number of nitrogens with zero attached hydrogens (tertiary/aromatic N) is 1. The smallest absolute Gasteiger partial charge is 0.310 e. The van der Waals surface area contributed by atoms with Crippen LogP contribution in [0.4, 0.5) is 0 Å². The molecule has 4 nitrogen and oxygen atoms in total. The lowest BCUT2D eigenvalue weighted by atomic mass is 9.94. The van der Waals surface area contributed by atoms with E-state index in [9.17, 15) is 4.79 Å². The fourth-order valence-corrected chi connectivity index (χ4v) is 3.67. The number of carbonyl (C=O) groups excluding carboxylic acids is 1. The Morgan fingerprint density at radius 2 is 2.25 bits per heavy atom. The zero-order valence-electron chi connectivity index (χ0n) is 12.5. The lowest BCUT2D eigenvalue weighted by molar-refractivity contribution is -0.139. The van der Waals surface area contributed by atoms with Crippen LogP contribution in [0.15, 0.2) is 12.1 Å². The van der Waals surface area contributed by atoms with Crippen LogP contribution in [-0.4, -0.2) is 44.2 Å². The van der Waals surface area contributed by atoms with Gasteiger partial charge in [-0.1, -0.05) is 6.92 Å². The molecule has 2 atom stereocenters. The van der Waals surface area contributed by atoms with Crippen molar-refractivity contribution in [3.63, 3.8) is 0 Å². The van der Waals surface area contributed by atoms with E-state index in [1.165, 1.54) is 25.0 Å². The van der Waals surface area contributed by atoms with E-state index in [1.807, 2.05) is 6.07 Å². The van der Waals surface area contributed by atoms with Gasteiger partial charge in [0.05, 0.1) is 13.5 Å². The first-order valence-electron chi connectivity index (χ1n) is 7.15. The molecule has 0 aromatic carbocycles. The summed E-state index contributed by atoms with van der Waals surface area (Å²) in [5.41, 5.74) is 0. The summed E-state index contributed by atoms with van der Waals surface area (Å²) >= 11 is 1.69.